The fraction of sp³-hybridized carbons (Fsp3) is 0.0526. The predicted molar refractivity (Wildman–Crippen MR) is 235 cm³/mol. The lowest BCUT2D eigenvalue weighted by molar-refractivity contribution is -0.385. The van der Waals surface area contributed by atoms with Gasteiger partial charge in [-0.25, -0.2) is 0 Å². The van der Waals surface area contributed by atoms with Crippen LogP contribution in [-0.4, -0.2) is 76.1 Å². The summed E-state index contributed by atoms with van der Waals surface area (Å²) in [6, 6.07) is 17.2. The highest BCUT2D eigenvalue weighted by atomic mass is 32.2. The Morgan fingerprint density at radius 2 is 1.20 bits per heavy atom. The number of methoxy groups -OCH3 is 2. The summed E-state index contributed by atoms with van der Waals surface area (Å²) in [6.07, 6.45) is 2.07. The SMILES string of the molecule is COc1cc(N=Nc2c(S(=O)(=O)O)cc3cc(Nc4ccc(N)c(S(=O)(=O)O)c4)ccc3c2OC)c(O)cc1N=Nc1ccc(C=Cc2ccc([N+](=O)[O-])cc2S(=O)(=O)O)c(S(=O)(=O)O)c1. The molecule has 0 spiro atoms. The molecule has 24 nitrogen and oxygen atoms in total. The normalized spacial score (nSPS) is 12.6. The number of benzene rings is 6. The molecule has 6 rings (SSSR count). The molecule has 344 valence electrons. The van der Waals surface area contributed by atoms with Crippen molar-refractivity contribution in [1.82, 2.24) is 0 Å². The number of nitrogens with two attached hydrogens (primary N) is 1. The minimum Gasteiger partial charge on any atom is -0.506 e. The molecule has 0 aliphatic carbocycles. The number of nitro benzene ring substituents is 1. The molecule has 0 radical (unpaired) electrons. The summed E-state index contributed by atoms with van der Waals surface area (Å²) < 4.78 is 148. The molecule has 0 aliphatic rings. The van der Waals surface area contributed by atoms with E-state index in [-0.39, 0.29) is 61.8 Å². The largest absolute Gasteiger partial charge is 0.506 e. The number of azo groups is 2. The average molecular weight is 986 g/mol. The van der Waals surface area contributed by atoms with E-state index in [9.17, 15) is 67.1 Å². The first kappa shape index (κ1) is 48.0. The number of nitro groups is 1. The molecule has 0 saturated heterocycles. The Labute approximate surface area is 373 Å². The van der Waals surface area contributed by atoms with E-state index >= 15 is 0 Å². The molecule has 0 saturated carbocycles. The van der Waals surface area contributed by atoms with Gasteiger partial charge in [0.15, 0.2) is 5.75 Å². The summed E-state index contributed by atoms with van der Waals surface area (Å²) in [6.45, 7) is 0. The van der Waals surface area contributed by atoms with Gasteiger partial charge in [0.1, 0.15) is 48.1 Å². The number of aromatic hydroxyl groups is 1. The molecule has 6 aromatic carbocycles. The molecule has 0 unspecified atom stereocenters. The average Bonchev–Trinajstić information content (AvgIpc) is 3.23. The van der Waals surface area contributed by atoms with Gasteiger partial charge in [-0.3, -0.25) is 28.3 Å². The van der Waals surface area contributed by atoms with Crippen molar-refractivity contribution in [3.63, 3.8) is 0 Å². The Morgan fingerprint density at radius 1 is 0.621 bits per heavy atom. The minimum atomic E-state index is -5.05. The third-order valence-electron chi connectivity index (χ3n) is 9.10. The van der Waals surface area contributed by atoms with Gasteiger partial charge in [0.25, 0.3) is 46.2 Å². The number of fused-ring (bicyclic) bond motifs is 1. The van der Waals surface area contributed by atoms with Crippen LogP contribution in [0.3, 0.4) is 0 Å². The molecule has 0 aliphatic heterocycles. The molecule has 8 N–H and O–H groups in total. The fourth-order valence-electron chi connectivity index (χ4n) is 6.12. The standard InChI is InChI=1S/C38H31N7O17S4/c1-61-32-19-29(42-44-37-36(66(58,59)60)14-22-13-23(8-11-27(22)38(37)62-2)40-24-9-12-28(39)35(15-24)65(55,56)57)31(46)18-30(32)43-41-25-7-5-20(33(16-25)63(49,50)51)3-4-21-6-10-26(45(47)48)17-34(21)64(52,53)54/h3-19,40,46H,39H2,1-2H3,(H,49,50,51)(H,52,53,54)(H,55,56,57)(H,58,59,60). The number of anilines is 3. The van der Waals surface area contributed by atoms with Gasteiger partial charge in [0.05, 0.1) is 30.5 Å². The molecule has 0 heterocycles. The van der Waals surface area contributed by atoms with Gasteiger partial charge in [0, 0.05) is 41.0 Å². The van der Waals surface area contributed by atoms with Gasteiger partial charge in [-0.2, -0.15) is 38.8 Å². The second-order valence-electron chi connectivity index (χ2n) is 13.4. The van der Waals surface area contributed by atoms with Crippen LogP contribution < -0.4 is 20.5 Å². The number of rotatable bonds is 15. The van der Waals surface area contributed by atoms with E-state index < -0.39 is 82.1 Å². The molecule has 0 amide bonds. The highest BCUT2D eigenvalue weighted by Crippen LogP contribution is 2.45. The van der Waals surface area contributed by atoms with Crippen molar-refractivity contribution in [2.24, 2.45) is 20.5 Å². The van der Waals surface area contributed by atoms with Crippen LogP contribution in [0, 0.1) is 10.1 Å². The number of ether oxygens (including phenoxy) is 2. The quantitative estimate of drug-likeness (QED) is 0.0129. The van der Waals surface area contributed by atoms with Crippen molar-refractivity contribution < 1.29 is 71.4 Å². The number of non-ortho nitro benzene ring substituents is 1. The molecule has 0 bridgehead atoms. The van der Waals surface area contributed by atoms with Gasteiger partial charge in [-0.1, -0.05) is 18.2 Å². The zero-order valence-corrected chi connectivity index (χ0v) is 36.7. The van der Waals surface area contributed by atoms with Gasteiger partial charge in [0.2, 0.25) is 0 Å². The Balaban J connectivity index is 1.32. The van der Waals surface area contributed by atoms with E-state index in [4.69, 9.17) is 15.2 Å². The van der Waals surface area contributed by atoms with Crippen molar-refractivity contribution in [3.05, 3.63) is 112 Å². The maximum absolute atomic E-state index is 12.7. The van der Waals surface area contributed by atoms with E-state index in [0.717, 1.165) is 60.7 Å². The molecule has 0 fully saturated rings. The summed E-state index contributed by atoms with van der Waals surface area (Å²) in [4.78, 5) is 7.32. The van der Waals surface area contributed by atoms with Gasteiger partial charge >= 0.3 is 0 Å². The number of nitrogen functional groups attached to an aromatic ring is 1. The second kappa shape index (κ2) is 18.2. The number of phenolic OH excluding ortho intramolecular Hbond substituents is 1. The highest BCUT2D eigenvalue weighted by molar-refractivity contribution is 7.86. The van der Waals surface area contributed by atoms with Crippen LogP contribution in [0.5, 0.6) is 17.2 Å². The first-order valence-electron chi connectivity index (χ1n) is 17.8. The van der Waals surface area contributed by atoms with Crippen molar-refractivity contribution >= 4 is 109 Å². The van der Waals surface area contributed by atoms with Gasteiger partial charge in [-0.05, 0) is 77.2 Å². The zero-order chi connectivity index (χ0) is 48.5. The molecule has 66 heavy (non-hydrogen) atoms. The third-order valence-corrected chi connectivity index (χ3v) is 12.7. The van der Waals surface area contributed by atoms with Gasteiger partial charge in [-0.15, -0.1) is 15.3 Å². The number of hydrogen-bond donors (Lipinski definition) is 7. The third kappa shape index (κ3) is 10.7. The summed E-state index contributed by atoms with van der Waals surface area (Å²) >= 11 is 0. The van der Waals surface area contributed by atoms with E-state index in [2.05, 4.69) is 25.8 Å². The van der Waals surface area contributed by atoms with Crippen LogP contribution in [-0.2, 0) is 40.5 Å². The Morgan fingerprint density at radius 3 is 1.79 bits per heavy atom. The highest BCUT2D eigenvalue weighted by Gasteiger charge is 2.25. The van der Waals surface area contributed by atoms with Crippen molar-refractivity contribution in [2.45, 2.75) is 19.6 Å². The second-order valence-corrected chi connectivity index (χ2v) is 19.0. The minimum absolute atomic E-state index is 0.108. The fourth-order valence-corrected chi connectivity index (χ4v) is 8.83. The van der Waals surface area contributed by atoms with Crippen molar-refractivity contribution in [1.29, 1.82) is 0 Å². The predicted octanol–water partition coefficient (Wildman–Crippen LogP) is 7.78. The molecular weight excluding hydrogens is 955 g/mol. The zero-order valence-electron chi connectivity index (χ0n) is 33.4. The molecule has 28 heteroatoms. The monoisotopic (exact) mass is 985 g/mol. The Bertz CT molecular complexity index is 3550. The maximum atomic E-state index is 12.7. The van der Waals surface area contributed by atoms with Crippen LogP contribution in [0.25, 0.3) is 22.9 Å². The molecule has 6 aromatic rings. The first-order valence-corrected chi connectivity index (χ1v) is 23.6. The van der Waals surface area contributed by atoms with Crippen molar-refractivity contribution in [2.75, 3.05) is 25.3 Å². The van der Waals surface area contributed by atoms with E-state index in [1.54, 1.807) is 0 Å². The van der Waals surface area contributed by atoms with E-state index in [1.807, 2.05) is 0 Å². The molecule has 0 atom stereocenters. The Hall–Kier alpha value is -7.44. The number of phenols is 1. The van der Waals surface area contributed by atoms with E-state index in [1.165, 1.54) is 50.6 Å². The first-order chi connectivity index (χ1) is 30.8. The van der Waals surface area contributed by atoms with Crippen LogP contribution in [0.4, 0.5) is 45.5 Å². The maximum Gasteiger partial charge on any atom is 0.296 e. The lowest BCUT2D eigenvalue weighted by atomic mass is 10.1. The number of nitrogens with one attached hydrogen (secondary N) is 1. The number of hydrogen-bond acceptors (Lipinski definition) is 19. The van der Waals surface area contributed by atoms with Crippen LogP contribution in [0.1, 0.15) is 11.1 Å². The summed E-state index contributed by atoms with van der Waals surface area (Å²) in [7, 11) is -17.3. The van der Waals surface area contributed by atoms with Crippen molar-refractivity contribution in [3.8, 4) is 17.2 Å². The molecular formula is C38H31N7O17S4. The van der Waals surface area contributed by atoms with E-state index in [0.29, 0.717) is 11.8 Å². The smallest absolute Gasteiger partial charge is 0.296 e. The lowest BCUT2D eigenvalue weighted by Crippen LogP contribution is -2.04. The van der Waals surface area contributed by atoms with Gasteiger partial charge < -0.3 is 25.6 Å². The number of nitrogens with zero attached hydrogens (tertiary/aromatic N) is 5. The Kier molecular flexibility index (Phi) is 13.3. The summed E-state index contributed by atoms with van der Waals surface area (Å²) in [5, 5.41) is 41.3. The summed E-state index contributed by atoms with van der Waals surface area (Å²) in [5.74, 6) is -0.914. The van der Waals surface area contributed by atoms with Crippen LogP contribution in [0.15, 0.2) is 131 Å². The molecule has 0 aromatic heterocycles. The summed E-state index contributed by atoms with van der Waals surface area (Å²) in [5.41, 5.74) is 3.65. The van der Waals surface area contributed by atoms with Crippen LogP contribution >= 0.6 is 0 Å². The topological polar surface area (TPSA) is 387 Å². The lowest BCUT2D eigenvalue weighted by Gasteiger charge is -2.14. The van der Waals surface area contributed by atoms with Crippen LogP contribution in [0.2, 0.25) is 0 Å².